The van der Waals surface area contributed by atoms with Crippen LogP contribution in [-0.2, 0) is 0 Å². The van der Waals surface area contributed by atoms with Crippen molar-refractivity contribution < 1.29 is 4.79 Å². The fourth-order valence-corrected chi connectivity index (χ4v) is 2.06. The molecule has 0 radical (unpaired) electrons. The maximum Gasteiger partial charge on any atom is 0.351 e. The van der Waals surface area contributed by atoms with Crippen LogP contribution in [0.3, 0.4) is 0 Å². The summed E-state index contributed by atoms with van der Waals surface area (Å²) >= 11 is 0. The van der Waals surface area contributed by atoms with E-state index in [2.05, 4.69) is 15.3 Å². The van der Waals surface area contributed by atoms with Crippen molar-refractivity contribution in [1.82, 2.24) is 20.0 Å². The average molecular weight is 267 g/mol. The molecule has 100 valence electrons. The van der Waals surface area contributed by atoms with Crippen molar-refractivity contribution in [3.8, 4) is 0 Å². The second-order valence-corrected chi connectivity index (χ2v) is 4.21. The molecule has 2 aromatic heterocycles. The van der Waals surface area contributed by atoms with E-state index in [1.165, 1.54) is 4.68 Å². The van der Waals surface area contributed by atoms with Gasteiger partial charge in [-0.2, -0.15) is 4.68 Å². The highest BCUT2D eigenvalue weighted by atomic mass is 16.2. The molecule has 1 amide bonds. The Kier molecular flexibility index (Phi) is 3.12. The molecule has 6 heteroatoms. The average Bonchev–Trinajstić information content (AvgIpc) is 2.93. The number of aromatic nitrogens is 4. The van der Waals surface area contributed by atoms with Gasteiger partial charge in [-0.1, -0.05) is 23.4 Å². The number of rotatable bonds is 2. The highest BCUT2D eigenvalue weighted by molar-refractivity contribution is 5.97. The van der Waals surface area contributed by atoms with Gasteiger partial charge in [0, 0.05) is 18.4 Å². The van der Waals surface area contributed by atoms with Gasteiger partial charge in [-0.15, -0.1) is 5.10 Å². The molecule has 1 aromatic carbocycles. The number of amides is 1. The van der Waals surface area contributed by atoms with Crippen LogP contribution in [0.2, 0.25) is 0 Å². The molecule has 0 spiro atoms. The topological polar surface area (TPSA) is 63.9 Å². The zero-order chi connectivity index (χ0) is 13.9. The molecule has 0 bridgehead atoms. The van der Waals surface area contributed by atoms with E-state index in [4.69, 9.17) is 0 Å². The summed E-state index contributed by atoms with van der Waals surface area (Å²) in [6.45, 7) is 2.47. The van der Waals surface area contributed by atoms with E-state index in [9.17, 15) is 4.79 Å². The molecule has 0 aliphatic heterocycles. The Balaban J connectivity index is 2.03. The standard InChI is InChI=1S/C14H13N5O/c1-2-18(11-7-4-3-5-8-11)14(20)19-12-9-6-10-15-13(12)16-17-19/h3-10H,2H2,1H3. The normalized spacial score (nSPS) is 10.7. The van der Waals surface area contributed by atoms with Crippen molar-refractivity contribution in [3.05, 3.63) is 48.7 Å². The van der Waals surface area contributed by atoms with E-state index in [1.807, 2.05) is 37.3 Å². The van der Waals surface area contributed by atoms with Gasteiger partial charge in [-0.05, 0) is 31.2 Å². The van der Waals surface area contributed by atoms with E-state index in [0.29, 0.717) is 17.7 Å². The van der Waals surface area contributed by atoms with Crippen LogP contribution in [0, 0.1) is 0 Å². The molecule has 2 heterocycles. The number of hydrogen-bond donors (Lipinski definition) is 0. The zero-order valence-corrected chi connectivity index (χ0v) is 11.0. The summed E-state index contributed by atoms with van der Waals surface area (Å²) in [4.78, 5) is 18.3. The Morgan fingerprint density at radius 3 is 2.75 bits per heavy atom. The number of carbonyl (C=O) groups excluding carboxylic acids is 1. The lowest BCUT2D eigenvalue weighted by atomic mass is 10.3. The van der Waals surface area contributed by atoms with Crippen LogP contribution in [0.25, 0.3) is 11.2 Å². The Bertz CT molecular complexity index is 737. The third kappa shape index (κ3) is 2.01. The van der Waals surface area contributed by atoms with Crippen LogP contribution in [0.15, 0.2) is 48.7 Å². The quantitative estimate of drug-likeness (QED) is 0.714. The summed E-state index contributed by atoms with van der Waals surface area (Å²) < 4.78 is 1.28. The minimum Gasteiger partial charge on any atom is -0.293 e. The third-order valence-corrected chi connectivity index (χ3v) is 3.02. The van der Waals surface area contributed by atoms with Gasteiger partial charge in [-0.3, -0.25) is 4.90 Å². The van der Waals surface area contributed by atoms with Gasteiger partial charge in [0.15, 0.2) is 0 Å². The van der Waals surface area contributed by atoms with Crippen LogP contribution in [0.5, 0.6) is 0 Å². The first-order valence-electron chi connectivity index (χ1n) is 6.34. The Morgan fingerprint density at radius 1 is 1.20 bits per heavy atom. The number of benzene rings is 1. The van der Waals surface area contributed by atoms with E-state index < -0.39 is 0 Å². The summed E-state index contributed by atoms with van der Waals surface area (Å²) in [5.41, 5.74) is 1.89. The number of pyridine rings is 1. The Labute approximate surface area is 115 Å². The van der Waals surface area contributed by atoms with E-state index in [1.54, 1.807) is 23.2 Å². The van der Waals surface area contributed by atoms with Gasteiger partial charge < -0.3 is 0 Å². The van der Waals surface area contributed by atoms with Gasteiger partial charge in [0.2, 0.25) is 5.65 Å². The highest BCUT2D eigenvalue weighted by Gasteiger charge is 2.19. The van der Waals surface area contributed by atoms with Crippen molar-refractivity contribution in [1.29, 1.82) is 0 Å². The maximum atomic E-state index is 12.6. The fraction of sp³-hybridized carbons (Fsp3) is 0.143. The number of nitrogens with zero attached hydrogens (tertiary/aromatic N) is 5. The van der Waals surface area contributed by atoms with Crippen LogP contribution in [0.4, 0.5) is 10.5 Å². The molecule has 20 heavy (non-hydrogen) atoms. The molecular weight excluding hydrogens is 254 g/mol. The van der Waals surface area contributed by atoms with Gasteiger partial charge in [-0.25, -0.2) is 9.78 Å². The predicted octanol–water partition coefficient (Wildman–Crippen LogP) is 2.32. The van der Waals surface area contributed by atoms with Gasteiger partial charge >= 0.3 is 6.03 Å². The fourth-order valence-electron chi connectivity index (χ4n) is 2.06. The first kappa shape index (κ1) is 12.3. The third-order valence-electron chi connectivity index (χ3n) is 3.02. The first-order chi connectivity index (χ1) is 9.81. The van der Waals surface area contributed by atoms with E-state index in [-0.39, 0.29) is 6.03 Å². The second-order valence-electron chi connectivity index (χ2n) is 4.21. The van der Waals surface area contributed by atoms with Crippen molar-refractivity contribution in [2.45, 2.75) is 6.92 Å². The minimum absolute atomic E-state index is 0.241. The van der Waals surface area contributed by atoms with Crippen LogP contribution >= 0.6 is 0 Å². The largest absolute Gasteiger partial charge is 0.351 e. The van der Waals surface area contributed by atoms with Crippen molar-refractivity contribution in [2.75, 3.05) is 11.4 Å². The first-order valence-corrected chi connectivity index (χ1v) is 6.34. The van der Waals surface area contributed by atoms with Gasteiger partial charge in [0.25, 0.3) is 0 Å². The second kappa shape index (κ2) is 5.08. The molecule has 0 saturated heterocycles. The Morgan fingerprint density at radius 2 is 2.00 bits per heavy atom. The summed E-state index contributed by atoms with van der Waals surface area (Å²) in [5.74, 6) is 0. The summed E-state index contributed by atoms with van der Waals surface area (Å²) in [6, 6.07) is 12.8. The number of hydrogen-bond acceptors (Lipinski definition) is 4. The van der Waals surface area contributed by atoms with Gasteiger partial charge in [0.1, 0.15) is 5.52 Å². The lowest BCUT2D eigenvalue weighted by Gasteiger charge is -2.20. The lowest BCUT2D eigenvalue weighted by molar-refractivity contribution is 0.245. The molecule has 0 atom stereocenters. The minimum atomic E-state index is -0.241. The van der Waals surface area contributed by atoms with Crippen LogP contribution in [0.1, 0.15) is 6.92 Å². The molecule has 0 fully saturated rings. The SMILES string of the molecule is CCN(C(=O)n1nnc2ncccc21)c1ccccc1. The predicted molar refractivity (Wildman–Crippen MR) is 75.6 cm³/mol. The zero-order valence-electron chi connectivity index (χ0n) is 11.0. The number of para-hydroxylation sites is 1. The molecule has 0 saturated carbocycles. The van der Waals surface area contributed by atoms with Gasteiger partial charge in [0.05, 0.1) is 0 Å². The summed E-state index contributed by atoms with van der Waals surface area (Å²) in [5, 5.41) is 7.81. The number of carbonyl (C=O) groups is 1. The highest BCUT2D eigenvalue weighted by Crippen LogP contribution is 2.16. The van der Waals surface area contributed by atoms with Crippen molar-refractivity contribution in [2.24, 2.45) is 0 Å². The molecule has 6 nitrogen and oxygen atoms in total. The smallest absolute Gasteiger partial charge is 0.293 e. The summed E-state index contributed by atoms with van der Waals surface area (Å²) in [7, 11) is 0. The summed E-state index contributed by atoms with van der Waals surface area (Å²) in [6.07, 6.45) is 1.63. The van der Waals surface area contributed by atoms with E-state index >= 15 is 0 Å². The molecule has 0 unspecified atom stereocenters. The lowest BCUT2D eigenvalue weighted by Crippen LogP contribution is -2.35. The van der Waals surface area contributed by atoms with Crippen LogP contribution < -0.4 is 4.90 Å². The molecule has 0 N–H and O–H groups in total. The monoisotopic (exact) mass is 267 g/mol. The van der Waals surface area contributed by atoms with Crippen molar-refractivity contribution in [3.63, 3.8) is 0 Å². The number of anilines is 1. The molecular formula is C14H13N5O. The Hall–Kier alpha value is -2.76. The molecule has 3 rings (SSSR count). The van der Waals surface area contributed by atoms with Crippen molar-refractivity contribution >= 4 is 22.9 Å². The molecule has 0 aliphatic carbocycles. The van der Waals surface area contributed by atoms with E-state index in [0.717, 1.165) is 5.69 Å². The molecule has 0 aliphatic rings. The number of fused-ring (bicyclic) bond motifs is 1. The molecule has 3 aromatic rings. The van der Waals surface area contributed by atoms with Crippen LogP contribution in [-0.4, -0.2) is 32.6 Å². The maximum absolute atomic E-state index is 12.6.